The molecule has 3 aromatic rings. The lowest BCUT2D eigenvalue weighted by Crippen LogP contribution is -2.17. The molecule has 0 radical (unpaired) electrons. The molecule has 1 aromatic heterocycles. The van der Waals surface area contributed by atoms with E-state index in [0.717, 1.165) is 22.2 Å². The smallest absolute Gasteiger partial charge is 0.355 e. The fraction of sp³-hybridized carbons (Fsp3) is 0.200. The van der Waals surface area contributed by atoms with Gasteiger partial charge in [-0.25, -0.2) is 9.59 Å². The highest BCUT2D eigenvalue weighted by atomic mass is 16.7. The van der Waals surface area contributed by atoms with E-state index in [1.807, 2.05) is 34.9 Å². The molecule has 2 aliphatic rings. The van der Waals surface area contributed by atoms with Crippen molar-refractivity contribution in [3.63, 3.8) is 0 Å². The van der Waals surface area contributed by atoms with Crippen molar-refractivity contribution in [1.29, 1.82) is 0 Å². The number of benzene rings is 2. The van der Waals surface area contributed by atoms with Crippen molar-refractivity contribution < 1.29 is 28.5 Å². The summed E-state index contributed by atoms with van der Waals surface area (Å²) < 4.78 is 22.7. The summed E-state index contributed by atoms with van der Waals surface area (Å²) >= 11 is 0. The highest BCUT2D eigenvalue weighted by Gasteiger charge is 2.33. The number of fused-ring (bicyclic) bond motifs is 3. The maximum atomic E-state index is 12.5. The number of hydrogen-bond donors (Lipinski definition) is 0. The lowest BCUT2D eigenvalue weighted by atomic mass is 9.94. The van der Waals surface area contributed by atoms with E-state index >= 15 is 0 Å². The Labute approximate surface area is 154 Å². The topological polar surface area (TPSA) is 76.0 Å². The summed E-state index contributed by atoms with van der Waals surface area (Å²) in [6, 6.07) is 9.49. The van der Waals surface area contributed by atoms with E-state index in [9.17, 15) is 9.59 Å². The standard InChI is InChI=1S/C20H15NO6/c1-24-19(22)16-12-5-3-4-11-13-7-15-14(26-9-27-15)6-10(13)8-21(17(11)12)18(16)20(23)25-2/h3-7H,8-9H2,1-2H3. The Hall–Kier alpha value is -3.48. The quantitative estimate of drug-likeness (QED) is 0.509. The molecule has 0 saturated carbocycles. The van der Waals surface area contributed by atoms with Gasteiger partial charge < -0.3 is 23.5 Å². The van der Waals surface area contributed by atoms with Crippen LogP contribution in [0, 0.1) is 0 Å². The van der Waals surface area contributed by atoms with Crippen LogP contribution in [0.25, 0.3) is 22.0 Å². The molecule has 136 valence electrons. The molecule has 0 N–H and O–H groups in total. The summed E-state index contributed by atoms with van der Waals surface area (Å²) in [6.45, 7) is 0.593. The molecule has 5 rings (SSSR count). The summed E-state index contributed by atoms with van der Waals surface area (Å²) in [5.41, 5.74) is 4.07. The number of hydrogen-bond acceptors (Lipinski definition) is 6. The van der Waals surface area contributed by atoms with Crippen LogP contribution in [0.4, 0.5) is 0 Å². The average Bonchev–Trinajstić information content (AvgIpc) is 3.28. The number of para-hydroxylation sites is 1. The third-order valence-electron chi connectivity index (χ3n) is 5.07. The van der Waals surface area contributed by atoms with E-state index in [-0.39, 0.29) is 18.1 Å². The molecule has 0 unspecified atom stereocenters. The third kappa shape index (κ3) is 2.02. The number of esters is 2. The fourth-order valence-electron chi connectivity index (χ4n) is 3.94. The van der Waals surface area contributed by atoms with Crippen LogP contribution in [0.5, 0.6) is 11.5 Å². The van der Waals surface area contributed by atoms with Crippen molar-refractivity contribution in [3.05, 3.63) is 47.2 Å². The Bertz CT molecular complexity index is 1140. The Morgan fingerprint density at radius 1 is 1.00 bits per heavy atom. The van der Waals surface area contributed by atoms with Gasteiger partial charge in [0.15, 0.2) is 11.5 Å². The summed E-state index contributed by atoms with van der Waals surface area (Å²) in [5.74, 6) is 0.203. The zero-order chi connectivity index (χ0) is 18.7. The van der Waals surface area contributed by atoms with Crippen LogP contribution in [0.15, 0.2) is 30.3 Å². The monoisotopic (exact) mass is 365 g/mol. The van der Waals surface area contributed by atoms with Crippen LogP contribution in [-0.2, 0) is 16.0 Å². The molecule has 27 heavy (non-hydrogen) atoms. The van der Waals surface area contributed by atoms with Crippen molar-refractivity contribution in [1.82, 2.24) is 4.57 Å². The van der Waals surface area contributed by atoms with Gasteiger partial charge in [-0.3, -0.25) is 0 Å². The minimum absolute atomic E-state index is 0.189. The van der Waals surface area contributed by atoms with Gasteiger partial charge in [0.05, 0.1) is 19.7 Å². The van der Waals surface area contributed by atoms with Gasteiger partial charge in [-0.15, -0.1) is 0 Å². The van der Waals surface area contributed by atoms with E-state index in [1.54, 1.807) is 0 Å². The van der Waals surface area contributed by atoms with E-state index in [4.69, 9.17) is 18.9 Å². The van der Waals surface area contributed by atoms with E-state index < -0.39 is 11.9 Å². The van der Waals surface area contributed by atoms with E-state index in [2.05, 4.69) is 0 Å². The van der Waals surface area contributed by atoms with Crippen LogP contribution in [0.3, 0.4) is 0 Å². The second-order valence-electron chi connectivity index (χ2n) is 6.36. The average molecular weight is 365 g/mol. The number of carbonyl (C=O) groups excluding carboxylic acids is 2. The molecule has 0 amide bonds. The minimum Gasteiger partial charge on any atom is -0.465 e. The first-order valence-electron chi connectivity index (χ1n) is 8.38. The summed E-state index contributed by atoms with van der Waals surface area (Å²) in [7, 11) is 2.59. The van der Waals surface area contributed by atoms with Gasteiger partial charge in [0, 0.05) is 17.5 Å². The van der Waals surface area contributed by atoms with Gasteiger partial charge in [-0.1, -0.05) is 18.2 Å². The van der Waals surface area contributed by atoms with Crippen molar-refractivity contribution in [2.45, 2.75) is 6.54 Å². The summed E-state index contributed by atoms with van der Waals surface area (Å²) in [5, 5.41) is 0.656. The van der Waals surface area contributed by atoms with Gasteiger partial charge in [0.25, 0.3) is 0 Å². The lowest BCUT2D eigenvalue weighted by molar-refractivity contribution is 0.0549. The maximum Gasteiger partial charge on any atom is 0.355 e. The molecule has 0 atom stereocenters. The van der Waals surface area contributed by atoms with Gasteiger partial charge >= 0.3 is 11.9 Å². The number of ether oxygens (including phenoxy) is 4. The predicted octanol–water partition coefficient (Wildman–Crippen LogP) is 2.97. The molecular formula is C20H15NO6. The van der Waals surface area contributed by atoms with Crippen LogP contribution < -0.4 is 9.47 Å². The molecule has 2 aliphatic heterocycles. The van der Waals surface area contributed by atoms with Crippen LogP contribution in [0.2, 0.25) is 0 Å². The molecule has 3 heterocycles. The van der Waals surface area contributed by atoms with Crippen LogP contribution in [-0.4, -0.2) is 37.5 Å². The summed E-state index contributed by atoms with van der Waals surface area (Å²) in [6.07, 6.45) is 0. The molecule has 0 bridgehead atoms. The molecule has 0 spiro atoms. The SMILES string of the molecule is COC(=O)c1c(C(=O)OC)n2c3c(cccc13)-c1cc3c(cc1C2)OCO3. The first kappa shape index (κ1) is 15.7. The Morgan fingerprint density at radius 2 is 1.74 bits per heavy atom. The number of aromatic nitrogens is 1. The molecule has 0 saturated heterocycles. The van der Waals surface area contributed by atoms with Gasteiger partial charge in [0.1, 0.15) is 11.3 Å². The van der Waals surface area contributed by atoms with Gasteiger partial charge in [-0.2, -0.15) is 0 Å². The Morgan fingerprint density at radius 3 is 2.48 bits per heavy atom. The molecule has 0 aliphatic carbocycles. The second kappa shape index (κ2) is 5.51. The van der Waals surface area contributed by atoms with Crippen molar-refractivity contribution >= 4 is 22.8 Å². The first-order valence-corrected chi connectivity index (χ1v) is 8.38. The summed E-state index contributed by atoms with van der Waals surface area (Å²) in [4.78, 5) is 25.0. The predicted molar refractivity (Wildman–Crippen MR) is 95.3 cm³/mol. The third-order valence-corrected chi connectivity index (χ3v) is 5.07. The molecule has 2 aromatic carbocycles. The molecular weight excluding hydrogens is 350 g/mol. The Balaban J connectivity index is 1.88. The van der Waals surface area contributed by atoms with Crippen molar-refractivity contribution in [2.75, 3.05) is 21.0 Å². The zero-order valence-corrected chi connectivity index (χ0v) is 14.7. The Kier molecular flexibility index (Phi) is 3.21. The van der Waals surface area contributed by atoms with Crippen molar-refractivity contribution in [3.8, 4) is 22.6 Å². The van der Waals surface area contributed by atoms with Crippen LogP contribution in [0.1, 0.15) is 26.4 Å². The lowest BCUT2D eigenvalue weighted by Gasteiger charge is -2.21. The second-order valence-corrected chi connectivity index (χ2v) is 6.36. The molecule has 0 fully saturated rings. The largest absolute Gasteiger partial charge is 0.465 e. The number of nitrogens with zero attached hydrogens (tertiary/aromatic N) is 1. The zero-order valence-electron chi connectivity index (χ0n) is 14.7. The van der Waals surface area contributed by atoms with Crippen molar-refractivity contribution in [2.24, 2.45) is 0 Å². The number of methoxy groups -OCH3 is 2. The van der Waals surface area contributed by atoms with Gasteiger partial charge in [0.2, 0.25) is 6.79 Å². The van der Waals surface area contributed by atoms with Gasteiger partial charge in [-0.05, 0) is 23.3 Å². The first-order chi connectivity index (χ1) is 13.1. The molecule has 7 nitrogen and oxygen atoms in total. The van der Waals surface area contributed by atoms with E-state index in [1.165, 1.54) is 14.2 Å². The number of rotatable bonds is 2. The van der Waals surface area contributed by atoms with E-state index in [0.29, 0.717) is 23.4 Å². The highest BCUT2D eigenvalue weighted by molar-refractivity contribution is 6.16. The fourth-order valence-corrected chi connectivity index (χ4v) is 3.94. The highest BCUT2D eigenvalue weighted by Crippen LogP contribution is 2.45. The maximum absolute atomic E-state index is 12.5. The minimum atomic E-state index is -0.582. The normalized spacial score (nSPS) is 13.4. The van der Waals surface area contributed by atoms with Crippen LogP contribution >= 0.6 is 0 Å². The number of carbonyl (C=O) groups is 2. The molecule has 7 heteroatoms.